The molecule has 0 amide bonds. The Hall–Kier alpha value is -1.21. The molecule has 0 aliphatic heterocycles. The first-order valence-corrected chi connectivity index (χ1v) is 6.56. The summed E-state index contributed by atoms with van der Waals surface area (Å²) in [5.41, 5.74) is 3.76. The minimum atomic E-state index is 0.790. The maximum Gasteiger partial charge on any atom is 0.0459 e. The topological polar surface area (TPSA) is 15.8 Å². The molecule has 1 nitrogen and oxygen atoms in total. The van der Waals surface area contributed by atoms with Crippen LogP contribution in [0.25, 0.3) is 16.5 Å². The van der Waals surface area contributed by atoms with Gasteiger partial charge in [-0.25, -0.2) is 0 Å². The lowest BCUT2D eigenvalue weighted by Gasteiger charge is -2.02. The molecule has 90 valence electrons. The first-order chi connectivity index (χ1) is 8.24. The Labute approximate surface area is 107 Å². The zero-order valence-electron chi connectivity index (χ0n) is 10.4. The maximum atomic E-state index is 6.00. The highest BCUT2D eigenvalue weighted by Gasteiger charge is 2.05. The van der Waals surface area contributed by atoms with E-state index >= 15 is 0 Å². The van der Waals surface area contributed by atoms with Gasteiger partial charge in [-0.05, 0) is 49.6 Å². The molecule has 0 atom stereocenters. The first kappa shape index (κ1) is 12.3. The van der Waals surface area contributed by atoms with Crippen LogP contribution in [0.1, 0.15) is 38.8 Å². The quantitative estimate of drug-likeness (QED) is 0.743. The molecule has 1 aromatic carbocycles. The third-order valence-electron chi connectivity index (χ3n) is 3.08. The van der Waals surface area contributed by atoms with Gasteiger partial charge in [0.25, 0.3) is 0 Å². The number of allylic oxidation sites excluding steroid dienone is 2. The van der Waals surface area contributed by atoms with Crippen molar-refractivity contribution in [1.29, 1.82) is 0 Å². The second-order valence-electron chi connectivity index (χ2n) is 4.33. The Bertz CT molecular complexity index is 537. The van der Waals surface area contributed by atoms with Crippen LogP contribution in [0.5, 0.6) is 0 Å². The Kier molecular flexibility index (Phi) is 3.90. The average Bonchev–Trinajstić information content (AvgIpc) is 2.72. The summed E-state index contributed by atoms with van der Waals surface area (Å²) in [5.74, 6) is 0. The summed E-state index contributed by atoms with van der Waals surface area (Å²) < 4.78 is 0. The van der Waals surface area contributed by atoms with E-state index in [0.29, 0.717) is 0 Å². The summed E-state index contributed by atoms with van der Waals surface area (Å²) in [6.45, 7) is 4.32. The number of hydrogen-bond acceptors (Lipinski definition) is 0. The summed E-state index contributed by atoms with van der Waals surface area (Å²) in [7, 11) is 0. The van der Waals surface area contributed by atoms with Crippen LogP contribution in [-0.4, -0.2) is 4.98 Å². The molecule has 0 radical (unpaired) electrons. The summed E-state index contributed by atoms with van der Waals surface area (Å²) in [6, 6.07) is 8.15. The number of aromatic nitrogens is 1. The van der Waals surface area contributed by atoms with E-state index in [-0.39, 0.29) is 0 Å². The van der Waals surface area contributed by atoms with Crippen molar-refractivity contribution in [1.82, 2.24) is 4.98 Å². The predicted molar refractivity (Wildman–Crippen MR) is 76.5 cm³/mol. The Morgan fingerprint density at radius 1 is 1.35 bits per heavy atom. The van der Waals surface area contributed by atoms with E-state index in [1.54, 1.807) is 0 Å². The van der Waals surface area contributed by atoms with E-state index < -0.39 is 0 Å². The number of nitrogens with one attached hydrogen (secondary N) is 1. The van der Waals surface area contributed by atoms with E-state index in [0.717, 1.165) is 17.0 Å². The largest absolute Gasteiger partial charge is 0.355 e. The van der Waals surface area contributed by atoms with E-state index in [2.05, 4.69) is 31.0 Å². The number of benzene rings is 1. The molecule has 2 rings (SSSR count). The molecule has 17 heavy (non-hydrogen) atoms. The van der Waals surface area contributed by atoms with Crippen LogP contribution in [0.15, 0.2) is 30.3 Å². The van der Waals surface area contributed by atoms with Crippen LogP contribution in [0.4, 0.5) is 0 Å². The van der Waals surface area contributed by atoms with Gasteiger partial charge in [0, 0.05) is 21.6 Å². The highest BCUT2D eigenvalue weighted by Crippen LogP contribution is 2.26. The Balaban J connectivity index is 2.35. The van der Waals surface area contributed by atoms with Crippen molar-refractivity contribution in [2.24, 2.45) is 0 Å². The smallest absolute Gasteiger partial charge is 0.0459 e. The van der Waals surface area contributed by atoms with Crippen LogP contribution >= 0.6 is 11.6 Å². The third kappa shape index (κ3) is 2.73. The molecule has 0 fully saturated rings. The van der Waals surface area contributed by atoms with Crippen LogP contribution in [-0.2, 0) is 0 Å². The van der Waals surface area contributed by atoms with Crippen molar-refractivity contribution >= 4 is 28.1 Å². The molecule has 0 spiro atoms. The monoisotopic (exact) mass is 247 g/mol. The van der Waals surface area contributed by atoms with Gasteiger partial charge in [-0.1, -0.05) is 31.0 Å². The van der Waals surface area contributed by atoms with E-state index in [1.165, 1.54) is 29.5 Å². The van der Waals surface area contributed by atoms with Gasteiger partial charge < -0.3 is 4.98 Å². The highest BCUT2D eigenvalue weighted by molar-refractivity contribution is 6.31. The van der Waals surface area contributed by atoms with Crippen molar-refractivity contribution in [3.63, 3.8) is 0 Å². The fourth-order valence-electron chi connectivity index (χ4n) is 2.08. The van der Waals surface area contributed by atoms with E-state index in [4.69, 9.17) is 11.6 Å². The zero-order chi connectivity index (χ0) is 12.3. The number of rotatable bonds is 4. The lowest BCUT2D eigenvalue weighted by atomic mass is 10.1. The van der Waals surface area contributed by atoms with E-state index in [1.807, 2.05) is 18.2 Å². The maximum absolute atomic E-state index is 6.00. The summed E-state index contributed by atoms with van der Waals surface area (Å²) in [5, 5.41) is 1.97. The van der Waals surface area contributed by atoms with Gasteiger partial charge in [-0.3, -0.25) is 0 Å². The fraction of sp³-hybridized carbons (Fsp3) is 0.333. The molecule has 0 saturated heterocycles. The van der Waals surface area contributed by atoms with Gasteiger partial charge in [0.1, 0.15) is 0 Å². The van der Waals surface area contributed by atoms with Gasteiger partial charge in [-0.15, -0.1) is 0 Å². The molecular formula is C15H18ClN. The molecule has 0 aliphatic carbocycles. The van der Waals surface area contributed by atoms with Crippen LogP contribution in [0, 0.1) is 0 Å². The standard InChI is InChI=1S/C15H18ClN/c1-3-5-6-11(4-2)15-10-12-9-13(16)7-8-14(12)17-15/h4,7-10,17H,3,5-6H2,1-2H3. The number of hydrogen-bond donors (Lipinski definition) is 1. The van der Waals surface area contributed by atoms with Crippen molar-refractivity contribution < 1.29 is 0 Å². The van der Waals surface area contributed by atoms with Gasteiger partial charge in [0.05, 0.1) is 0 Å². The molecule has 2 heteroatoms. The summed E-state index contributed by atoms with van der Waals surface area (Å²) in [4.78, 5) is 3.46. The predicted octanol–water partition coefficient (Wildman–Crippen LogP) is 5.41. The SMILES string of the molecule is CC=C(CCCC)c1cc2cc(Cl)ccc2[nH]1. The fourth-order valence-corrected chi connectivity index (χ4v) is 2.26. The number of H-pyrrole nitrogens is 1. The van der Waals surface area contributed by atoms with Crippen molar-refractivity contribution in [3.05, 3.63) is 41.1 Å². The zero-order valence-corrected chi connectivity index (χ0v) is 11.1. The van der Waals surface area contributed by atoms with Gasteiger partial charge in [-0.2, -0.15) is 0 Å². The van der Waals surface area contributed by atoms with Crippen molar-refractivity contribution in [3.8, 4) is 0 Å². The number of fused-ring (bicyclic) bond motifs is 1. The molecule has 0 saturated carbocycles. The number of halogens is 1. The molecule has 0 unspecified atom stereocenters. The van der Waals surface area contributed by atoms with Gasteiger partial charge in [0.15, 0.2) is 0 Å². The number of unbranched alkanes of at least 4 members (excludes halogenated alkanes) is 1. The molecule has 1 heterocycles. The summed E-state index contributed by atoms with van der Waals surface area (Å²) >= 11 is 6.00. The molecular weight excluding hydrogens is 230 g/mol. The Morgan fingerprint density at radius 2 is 2.18 bits per heavy atom. The molecule has 0 aliphatic rings. The van der Waals surface area contributed by atoms with Gasteiger partial charge >= 0.3 is 0 Å². The van der Waals surface area contributed by atoms with Crippen LogP contribution < -0.4 is 0 Å². The van der Waals surface area contributed by atoms with E-state index in [9.17, 15) is 0 Å². The molecule has 2 aromatic rings. The lowest BCUT2D eigenvalue weighted by Crippen LogP contribution is -1.84. The lowest BCUT2D eigenvalue weighted by molar-refractivity contribution is 0.822. The van der Waals surface area contributed by atoms with Crippen molar-refractivity contribution in [2.45, 2.75) is 33.1 Å². The van der Waals surface area contributed by atoms with Crippen LogP contribution in [0.2, 0.25) is 5.02 Å². The Morgan fingerprint density at radius 3 is 2.88 bits per heavy atom. The average molecular weight is 248 g/mol. The number of aromatic amines is 1. The molecule has 1 aromatic heterocycles. The normalized spacial score (nSPS) is 12.3. The minimum Gasteiger partial charge on any atom is -0.355 e. The van der Waals surface area contributed by atoms with Crippen molar-refractivity contribution in [2.75, 3.05) is 0 Å². The highest BCUT2D eigenvalue weighted by atomic mass is 35.5. The molecule has 1 N–H and O–H groups in total. The summed E-state index contributed by atoms with van der Waals surface area (Å²) in [6.07, 6.45) is 5.79. The molecule has 0 bridgehead atoms. The third-order valence-corrected chi connectivity index (χ3v) is 3.31. The second kappa shape index (κ2) is 5.42. The second-order valence-corrected chi connectivity index (χ2v) is 4.77. The first-order valence-electron chi connectivity index (χ1n) is 6.18. The van der Waals surface area contributed by atoms with Crippen LogP contribution in [0.3, 0.4) is 0 Å². The van der Waals surface area contributed by atoms with Gasteiger partial charge in [0.2, 0.25) is 0 Å². The minimum absolute atomic E-state index is 0.790.